The summed E-state index contributed by atoms with van der Waals surface area (Å²) in [6.07, 6.45) is 0. The first kappa shape index (κ1) is 10.2. The van der Waals surface area contributed by atoms with Crippen molar-refractivity contribution in [3.63, 3.8) is 0 Å². The van der Waals surface area contributed by atoms with Crippen LogP contribution in [0.5, 0.6) is 0 Å². The molecule has 0 heterocycles. The molecule has 0 aliphatic carbocycles. The highest BCUT2D eigenvalue weighted by atomic mass is 16.7. The first-order chi connectivity index (χ1) is 5.45. The summed E-state index contributed by atoms with van der Waals surface area (Å²) < 4.78 is 0. The van der Waals surface area contributed by atoms with Crippen molar-refractivity contribution in [1.82, 2.24) is 5.48 Å². The second-order valence-corrected chi connectivity index (χ2v) is 2.13. The first-order valence-corrected chi connectivity index (χ1v) is 3.06. The lowest BCUT2D eigenvalue weighted by Gasteiger charge is -2.03. The van der Waals surface area contributed by atoms with Gasteiger partial charge in [-0.3, -0.25) is 4.79 Å². The fraction of sp³-hybridized carbons (Fsp3) is 0.143. The van der Waals surface area contributed by atoms with Crippen molar-refractivity contribution in [3.05, 3.63) is 24.4 Å². The summed E-state index contributed by atoms with van der Waals surface area (Å²) in [5.74, 6) is -1.46. The highest BCUT2D eigenvalue weighted by Crippen LogP contribution is 1.87. The Bertz CT molecular complexity index is 219. The molecule has 0 aromatic heterocycles. The van der Waals surface area contributed by atoms with Gasteiger partial charge < -0.3 is 10.6 Å². The molecule has 66 valence electrons. The number of hydrogen-bond donors (Lipinski definition) is 2. The van der Waals surface area contributed by atoms with E-state index in [1.165, 1.54) is 6.92 Å². The van der Waals surface area contributed by atoms with E-state index >= 15 is 0 Å². The van der Waals surface area contributed by atoms with Crippen molar-refractivity contribution in [1.29, 1.82) is 0 Å². The van der Waals surface area contributed by atoms with Gasteiger partial charge in [0, 0.05) is 5.57 Å². The number of hydrogen-bond acceptors (Lipinski definition) is 4. The summed E-state index contributed by atoms with van der Waals surface area (Å²) in [6.45, 7) is 7.90. The van der Waals surface area contributed by atoms with E-state index in [1.54, 1.807) is 0 Å². The molecule has 5 heteroatoms. The molecule has 0 aliphatic rings. The zero-order valence-electron chi connectivity index (χ0n) is 6.72. The minimum Gasteiger partial charge on any atom is -0.393 e. The van der Waals surface area contributed by atoms with Gasteiger partial charge in [-0.2, -0.15) is 5.48 Å². The van der Waals surface area contributed by atoms with Crippen LogP contribution in [0, 0.1) is 0 Å². The molecule has 0 spiro atoms. The molecule has 0 fully saturated rings. The maximum Gasteiger partial charge on any atom is 0.377 e. The van der Waals surface area contributed by atoms with Crippen LogP contribution < -0.4 is 11.2 Å². The lowest BCUT2D eigenvalue weighted by Crippen LogP contribution is -2.29. The zero-order valence-corrected chi connectivity index (χ0v) is 6.72. The van der Waals surface area contributed by atoms with Gasteiger partial charge in [0.05, 0.1) is 0 Å². The summed E-state index contributed by atoms with van der Waals surface area (Å²) in [5.41, 5.74) is 6.74. The summed E-state index contributed by atoms with van der Waals surface area (Å²) in [4.78, 5) is 25.5. The van der Waals surface area contributed by atoms with Gasteiger partial charge in [-0.25, -0.2) is 4.79 Å². The summed E-state index contributed by atoms with van der Waals surface area (Å²) >= 11 is 0. The van der Waals surface area contributed by atoms with Crippen molar-refractivity contribution in [2.75, 3.05) is 0 Å². The molecular formula is C7H10N2O3. The third-order valence-corrected chi connectivity index (χ3v) is 0.886. The SMILES string of the molecule is C=C(C)C(=O)NOC(=O)C(=C)N. The smallest absolute Gasteiger partial charge is 0.377 e. The Morgan fingerprint density at radius 2 is 1.92 bits per heavy atom. The van der Waals surface area contributed by atoms with Gasteiger partial charge in [0.2, 0.25) is 0 Å². The van der Waals surface area contributed by atoms with E-state index < -0.39 is 11.9 Å². The number of nitrogens with one attached hydrogen (secondary N) is 1. The van der Waals surface area contributed by atoms with Crippen LogP contribution in [0.3, 0.4) is 0 Å². The van der Waals surface area contributed by atoms with E-state index in [0.717, 1.165) is 0 Å². The topological polar surface area (TPSA) is 81.4 Å². The highest BCUT2D eigenvalue weighted by molar-refractivity contribution is 5.93. The average molecular weight is 170 g/mol. The Labute approximate surface area is 69.8 Å². The van der Waals surface area contributed by atoms with Crippen LogP contribution in [-0.2, 0) is 14.4 Å². The highest BCUT2D eigenvalue weighted by Gasteiger charge is 2.07. The minimum atomic E-state index is -0.885. The largest absolute Gasteiger partial charge is 0.393 e. The lowest BCUT2D eigenvalue weighted by molar-refractivity contribution is -0.153. The second-order valence-electron chi connectivity index (χ2n) is 2.13. The Morgan fingerprint density at radius 1 is 1.42 bits per heavy atom. The van der Waals surface area contributed by atoms with Gasteiger partial charge in [0.1, 0.15) is 5.70 Å². The van der Waals surface area contributed by atoms with Crippen LogP contribution in [-0.4, -0.2) is 11.9 Å². The normalized spacial score (nSPS) is 8.42. The molecule has 0 saturated heterocycles. The van der Waals surface area contributed by atoms with Crippen LogP contribution in [0.25, 0.3) is 0 Å². The Morgan fingerprint density at radius 3 is 2.25 bits per heavy atom. The molecule has 0 radical (unpaired) electrons. The van der Waals surface area contributed by atoms with Crippen LogP contribution in [0.1, 0.15) is 6.92 Å². The van der Waals surface area contributed by atoms with Crippen molar-refractivity contribution in [2.45, 2.75) is 6.92 Å². The van der Waals surface area contributed by atoms with Crippen molar-refractivity contribution in [2.24, 2.45) is 5.73 Å². The van der Waals surface area contributed by atoms with Gasteiger partial charge in [-0.05, 0) is 6.92 Å². The summed E-state index contributed by atoms with van der Waals surface area (Å²) in [7, 11) is 0. The van der Waals surface area contributed by atoms with Crippen LogP contribution in [0.15, 0.2) is 24.4 Å². The molecule has 1 amide bonds. The van der Waals surface area contributed by atoms with E-state index in [9.17, 15) is 9.59 Å². The number of amides is 1. The van der Waals surface area contributed by atoms with Gasteiger partial charge in [-0.15, -0.1) is 0 Å². The molecular weight excluding hydrogens is 160 g/mol. The summed E-state index contributed by atoms with van der Waals surface area (Å²) in [6, 6.07) is 0. The third-order valence-electron chi connectivity index (χ3n) is 0.886. The van der Waals surface area contributed by atoms with Crippen LogP contribution >= 0.6 is 0 Å². The van der Waals surface area contributed by atoms with E-state index in [4.69, 9.17) is 5.73 Å². The van der Waals surface area contributed by atoms with E-state index in [0.29, 0.717) is 0 Å². The molecule has 0 aromatic rings. The number of rotatable bonds is 2. The van der Waals surface area contributed by atoms with Gasteiger partial charge in [-0.1, -0.05) is 13.2 Å². The molecule has 0 aliphatic heterocycles. The monoisotopic (exact) mass is 170 g/mol. The van der Waals surface area contributed by atoms with Crippen molar-refractivity contribution >= 4 is 11.9 Å². The maximum atomic E-state index is 10.7. The maximum absolute atomic E-state index is 10.7. The molecule has 12 heavy (non-hydrogen) atoms. The van der Waals surface area contributed by atoms with Crippen molar-refractivity contribution in [3.8, 4) is 0 Å². The zero-order chi connectivity index (χ0) is 9.72. The Balaban J connectivity index is 3.85. The van der Waals surface area contributed by atoms with E-state index in [-0.39, 0.29) is 11.3 Å². The molecule has 0 rings (SSSR count). The number of hydroxylamine groups is 1. The predicted octanol–water partition coefficient (Wildman–Crippen LogP) is -0.391. The average Bonchev–Trinajstić information content (AvgIpc) is 1.98. The van der Waals surface area contributed by atoms with E-state index in [2.05, 4.69) is 18.0 Å². The minimum absolute atomic E-state index is 0.227. The van der Waals surface area contributed by atoms with Crippen LogP contribution in [0.2, 0.25) is 0 Å². The fourth-order valence-electron chi connectivity index (χ4n) is 0.245. The molecule has 0 atom stereocenters. The molecule has 0 bridgehead atoms. The molecule has 3 N–H and O–H groups in total. The van der Waals surface area contributed by atoms with Crippen LogP contribution in [0.4, 0.5) is 0 Å². The standard InChI is InChI=1S/C7H10N2O3/c1-4(2)6(10)9-12-7(11)5(3)8/h1,3,8H2,2H3,(H,9,10). The molecule has 5 nitrogen and oxygen atoms in total. The first-order valence-electron chi connectivity index (χ1n) is 3.06. The number of carbonyl (C=O) groups excluding carboxylic acids is 2. The third kappa shape index (κ3) is 3.40. The fourth-order valence-corrected chi connectivity index (χ4v) is 0.245. The van der Waals surface area contributed by atoms with Gasteiger partial charge in [0.25, 0.3) is 5.91 Å². The second kappa shape index (κ2) is 4.17. The molecule has 0 saturated carbocycles. The number of carbonyl (C=O) groups is 2. The Kier molecular flexibility index (Phi) is 3.55. The van der Waals surface area contributed by atoms with Gasteiger partial charge >= 0.3 is 5.97 Å². The number of nitrogens with two attached hydrogens (primary N) is 1. The molecule has 0 unspecified atom stereocenters. The van der Waals surface area contributed by atoms with E-state index in [1.807, 2.05) is 5.48 Å². The predicted molar refractivity (Wildman–Crippen MR) is 42.4 cm³/mol. The van der Waals surface area contributed by atoms with Crippen molar-refractivity contribution < 1.29 is 14.4 Å². The quantitative estimate of drug-likeness (QED) is 0.436. The molecule has 0 aromatic carbocycles. The van der Waals surface area contributed by atoms with Gasteiger partial charge in [0.15, 0.2) is 0 Å². The summed E-state index contributed by atoms with van der Waals surface area (Å²) in [5, 5.41) is 0. The Hall–Kier alpha value is -1.78. The lowest BCUT2D eigenvalue weighted by atomic mass is 10.3.